The summed E-state index contributed by atoms with van der Waals surface area (Å²) in [5.41, 5.74) is 10.6. The molecule has 0 radical (unpaired) electrons. The van der Waals surface area contributed by atoms with Gasteiger partial charge in [-0.05, 0) is 117 Å². The topological polar surface area (TPSA) is 3.24 Å². The van der Waals surface area contributed by atoms with E-state index in [2.05, 4.69) is 205 Å². The van der Waals surface area contributed by atoms with E-state index in [9.17, 15) is 0 Å². The van der Waals surface area contributed by atoms with Crippen LogP contribution in [0.2, 0.25) is 0 Å². The van der Waals surface area contributed by atoms with E-state index in [1.54, 1.807) is 0 Å². The van der Waals surface area contributed by atoms with Crippen LogP contribution in [-0.4, -0.2) is 0 Å². The second-order valence-electron chi connectivity index (χ2n) is 14.2. The molecule has 0 spiro atoms. The maximum Gasteiger partial charge on any atom is 0.0467 e. The van der Waals surface area contributed by atoms with Crippen LogP contribution in [0.15, 0.2) is 200 Å². The van der Waals surface area contributed by atoms with Crippen LogP contribution in [0.5, 0.6) is 0 Å². The first-order valence-corrected chi connectivity index (χ1v) is 20.3. The van der Waals surface area contributed by atoms with Crippen molar-refractivity contribution < 1.29 is 0 Å². The second kappa shape index (κ2) is 13.1. The summed E-state index contributed by atoms with van der Waals surface area (Å²) in [6.45, 7) is 0. The molecule has 0 aliphatic carbocycles. The van der Waals surface area contributed by atoms with Crippen molar-refractivity contribution in [2.75, 3.05) is 4.90 Å². The van der Waals surface area contributed by atoms with Crippen molar-refractivity contribution in [1.82, 2.24) is 0 Å². The zero-order chi connectivity index (χ0) is 36.3. The monoisotopic (exact) mass is 735 g/mol. The molecule has 1 nitrogen and oxygen atoms in total. The molecule has 0 bridgehead atoms. The molecule has 0 unspecified atom stereocenters. The molecule has 0 atom stereocenters. The number of anilines is 3. The summed E-state index contributed by atoms with van der Waals surface area (Å²) in [5, 5.41) is 7.78. The molecule has 0 fully saturated rings. The standard InChI is InChI=1S/C52H33NS2/c1-2-10-36-29-39(20-19-34(36)9-1)37-11-7-13-43(30-37)53(42-25-21-35(22-26-42)40-24-28-51-48(32-40)46-16-4-6-18-50(46)54-51)44-14-8-12-38(31-44)41-23-27-47-45-15-3-5-17-49(45)55-52(47)33-41/h1-33H. The first-order chi connectivity index (χ1) is 27.2. The highest BCUT2D eigenvalue weighted by molar-refractivity contribution is 7.26. The predicted octanol–water partition coefficient (Wildman–Crippen LogP) is 16.0. The first kappa shape index (κ1) is 32.0. The quantitative estimate of drug-likeness (QED) is 0.164. The molecule has 2 heterocycles. The molecule has 0 saturated heterocycles. The Balaban J connectivity index is 1.02. The Kier molecular flexibility index (Phi) is 7.61. The van der Waals surface area contributed by atoms with Crippen molar-refractivity contribution in [2.24, 2.45) is 0 Å². The van der Waals surface area contributed by atoms with Crippen LogP contribution in [0.3, 0.4) is 0 Å². The van der Waals surface area contributed by atoms with Gasteiger partial charge in [-0.1, -0.05) is 127 Å². The molecule has 11 rings (SSSR count). The number of thiophene rings is 2. The Hall–Kier alpha value is -6.52. The molecule has 55 heavy (non-hydrogen) atoms. The average molecular weight is 736 g/mol. The molecule has 3 heteroatoms. The highest BCUT2D eigenvalue weighted by Gasteiger charge is 2.16. The van der Waals surface area contributed by atoms with Crippen molar-refractivity contribution in [2.45, 2.75) is 0 Å². The lowest BCUT2D eigenvalue weighted by Crippen LogP contribution is -2.10. The van der Waals surface area contributed by atoms with Gasteiger partial charge >= 0.3 is 0 Å². The van der Waals surface area contributed by atoms with E-state index in [4.69, 9.17) is 0 Å². The molecule has 0 saturated carbocycles. The number of fused-ring (bicyclic) bond motifs is 7. The van der Waals surface area contributed by atoms with Crippen molar-refractivity contribution >= 4 is 90.9 Å². The molecule has 0 aliphatic rings. The summed E-state index contributed by atoms with van der Waals surface area (Å²) in [5.74, 6) is 0. The van der Waals surface area contributed by atoms with E-state index < -0.39 is 0 Å². The molecule has 0 amide bonds. The summed E-state index contributed by atoms with van der Waals surface area (Å²) in [4.78, 5) is 2.39. The molecular formula is C52H33NS2. The lowest BCUT2D eigenvalue weighted by molar-refractivity contribution is 1.28. The Morgan fingerprint density at radius 3 is 1.51 bits per heavy atom. The van der Waals surface area contributed by atoms with E-state index in [-0.39, 0.29) is 0 Å². The summed E-state index contributed by atoms with van der Waals surface area (Å²) < 4.78 is 5.30. The smallest absolute Gasteiger partial charge is 0.0467 e. The van der Waals surface area contributed by atoms with Crippen LogP contribution in [0.1, 0.15) is 0 Å². The minimum Gasteiger partial charge on any atom is -0.310 e. The molecule has 9 aromatic carbocycles. The lowest BCUT2D eigenvalue weighted by atomic mass is 9.99. The minimum absolute atomic E-state index is 1.11. The van der Waals surface area contributed by atoms with Gasteiger partial charge in [-0.3, -0.25) is 0 Å². The van der Waals surface area contributed by atoms with Gasteiger partial charge < -0.3 is 4.90 Å². The van der Waals surface area contributed by atoms with E-state index in [0.29, 0.717) is 0 Å². The second-order valence-corrected chi connectivity index (χ2v) is 16.3. The third-order valence-electron chi connectivity index (χ3n) is 10.8. The zero-order valence-corrected chi connectivity index (χ0v) is 31.4. The van der Waals surface area contributed by atoms with Crippen LogP contribution in [0.25, 0.3) is 84.5 Å². The van der Waals surface area contributed by atoms with Gasteiger partial charge in [0.1, 0.15) is 0 Å². The van der Waals surface area contributed by atoms with Crippen molar-refractivity contribution in [1.29, 1.82) is 0 Å². The van der Waals surface area contributed by atoms with Gasteiger partial charge in [-0.2, -0.15) is 0 Å². The summed E-state index contributed by atoms with van der Waals surface area (Å²) in [6.07, 6.45) is 0. The maximum atomic E-state index is 2.39. The summed E-state index contributed by atoms with van der Waals surface area (Å²) >= 11 is 3.73. The normalized spacial score (nSPS) is 11.6. The highest BCUT2D eigenvalue weighted by Crippen LogP contribution is 2.42. The molecule has 2 aromatic heterocycles. The van der Waals surface area contributed by atoms with Gasteiger partial charge in [0, 0.05) is 57.4 Å². The summed E-state index contributed by atoms with van der Waals surface area (Å²) in [7, 11) is 0. The Bertz CT molecular complexity index is 3220. The third-order valence-corrected chi connectivity index (χ3v) is 13.1. The lowest BCUT2D eigenvalue weighted by Gasteiger charge is -2.27. The van der Waals surface area contributed by atoms with E-state index in [1.807, 2.05) is 22.7 Å². The fourth-order valence-electron chi connectivity index (χ4n) is 8.08. The van der Waals surface area contributed by atoms with Gasteiger partial charge in [-0.15, -0.1) is 22.7 Å². The van der Waals surface area contributed by atoms with Crippen molar-refractivity contribution in [3.8, 4) is 33.4 Å². The third kappa shape index (κ3) is 5.68. The number of rotatable bonds is 6. The SMILES string of the molecule is c1cc(-c2ccc3ccccc3c2)cc(N(c2ccc(-c3ccc4sc5ccccc5c4c3)cc2)c2cccc(-c3ccc4c(c3)sc3ccccc34)c2)c1. The van der Waals surface area contributed by atoms with Gasteiger partial charge in [0.25, 0.3) is 0 Å². The average Bonchev–Trinajstić information content (AvgIpc) is 3.82. The molecule has 0 N–H and O–H groups in total. The fraction of sp³-hybridized carbons (Fsp3) is 0. The first-order valence-electron chi connectivity index (χ1n) is 18.6. The van der Waals surface area contributed by atoms with Crippen molar-refractivity contribution in [3.63, 3.8) is 0 Å². The fourth-order valence-corrected chi connectivity index (χ4v) is 10.3. The van der Waals surface area contributed by atoms with Gasteiger partial charge in [-0.25, -0.2) is 0 Å². The Morgan fingerprint density at radius 2 is 0.764 bits per heavy atom. The number of nitrogens with zero attached hydrogens (tertiary/aromatic N) is 1. The number of hydrogen-bond acceptors (Lipinski definition) is 3. The van der Waals surface area contributed by atoms with Gasteiger partial charge in [0.15, 0.2) is 0 Å². The zero-order valence-electron chi connectivity index (χ0n) is 29.8. The predicted molar refractivity (Wildman–Crippen MR) is 241 cm³/mol. The van der Waals surface area contributed by atoms with E-state index in [1.165, 1.54) is 84.5 Å². The van der Waals surface area contributed by atoms with Gasteiger partial charge in [0.05, 0.1) is 0 Å². The van der Waals surface area contributed by atoms with Crippen molar-refractivity contribution in [3.05, 3.63) is 200 Å². The molecule has 258 valence electrons. The minimum atomic E-state index is 1.11. The van der Waals surface area contributed by atoms with Crippen LogP contribution >= 0.6 is 22.7 Å². The number of benzene rings is 9. The van der Waals surface area contributed by atoms with E-state index in [0.717, 1.165) is 17.1 Å². The number of hydrogen-bond donors (Lipinski definition) is 0. The maximum absolute atomic E-state index is 2.39. The Morgan fingerprint density at radius 1 is 0.255 bits per heavy atom. The van der Waals surface area contributed by atoms with Crippen LogP contribution in [0.4, 0.5) is 17.1 Å². The van der Waals surface area contributed by atoms with Crippen LogP contribution in [0, 0.1) is 0 Å². The highest BCUT2D eigenvalue weighted by atomic mass is 32.1. The molecule has 0 aliphatic heterocycles. The van der Waals surface area contributed by atoms with Crippen LogP contribution in [-0.2, 0) is 0 Å². The van der Waals surface area contributed by atoms with Gasteiger partial charge in [0.2, 0.25) is 0 Å². The molecular weight excluding hydrogens is 703 g/mol. The molecule has 11 aromatic rings. The van der Waals surface area contributed by atoms with E-state index >= 15 is 0 Å². The summed E-state index contributed by atoms with van der Waals surface area (Å²) in [6, 6.07) is 73.6. The Labute approximate surface area is 327 Å². The largest absolute Gasteiger partial charge is 0.310 e. The van der Waals surface area contributed by atoms with Crippen LogP contribution < -0.4 is 4.90 Å².